The predicted molar refractivity (Wildman–Crippen MR) is 68.4 cm³/mol. The number of hydrogen-bond acceptors (Lipinski definition) is 0. The van der Waals surface area contributed by atoms with Gasteiger partial charge in [-0.3, -0.25) is 0 Å². The molecular formula is C14H22. The molecule has 0 bridgehead atoms. The summed E-state index contributed by atoms with van der Waals surface area (Å²) in [4.78, 5) is 0. The Labute approximate surface area is 89.0 Å². The van der Waals surface area contributed by atoms with Gasteiger partial charge in [0.1, 0.15) is 0 Å². The summed E-state index contributed by atoms with van der Waals surface area (Å²) in [5.41, 5.74) is 2.37. The fraction of sp³-hybridized carbons (Fsp3) is 0.286. The van der Waals surface area contributed by atoms with Gasteiger partial charge in [-0.2, -0.15) is 0 Å². The molecule has 0 radical (unpaired) electrons. The molecule has 0 aliphatic heterocycles. The van der Waals surface area contributed by atoms with Gasteiger partial charge in [-0.1, -0.05) is 68.2 Å². The van der Waals surface area contributed by atoms with Crippen LogP contribution in [0.4, 0.5) is 0 Å². The lowest BCUT2D eigenvalue weighted by molar-refractivity contribution is 1.14. The topological polar surface area (TPSA) is 0 Å². The van der Waals surface area contributed by atoms with Crippen LogP contribution in [0.25, 0.3) is 0 Å². The summed E-state index contributed by atoms with van der Waals surface area (Å²) in [6.07, 6.45) is 10.8. The summed E-state index contributed by atoms with van der Waals surface area (Å²) >= 11 is 0. The first-order valence-corrected chi connectivity index (χ1v) is 4.84. The molecule has 0 atom stereocenters. The normalized spacial score (nSPS) is 10.4. The Kier molecular flexibility index (Phi) is 12.7. The van der Waals surface area contributed by atoms with Crippen LogP contribution in [0.2, 0.25) is 0 Å². The second-order valence-corrected chi connectivity index (χ2v) is 2.86. The van der Waals surface area contributed by atoms with E-state index in [4.69, 9.17) is 0 Å². The molecule has 0 aromatic rings. The zero-order chi connectivity index (χ0) is 11.4. The van der Waals surface area contributed by atoms with Gasteiger partial charge in [0.25, 0.3) is 0 Å². The van der Waals surface area contributed by atoms with E-state index in [1.165, 1.54) is 5.57 Å². The Morgan fingerprint density at radius 1 is 1.29 bits per heavy atom. The lowest BCUT2D eigenvalue weighted by Gasteiger charge is -1.90. The average molecular weight is 190 g/mol. The standard InChI is InChI=1S/C9H14.C5H8/c1-4-7-8-9(5-2)6-3;1-4-5(2)3/h4-5,7-8H,1,6H2,2-3H3;4H,1-2H2,3H3/b8-7-,9-5-;. The van der Waals surface area contributed by atoms with Gasteiger partial charge in [0.05, 0.1) is 0 Å². The van der Waals surface area contributed by atoms with Crippen molar-refractivity contribution < 1.29 is 0 Å². The average Bonchev–Trinajstić information content (AvgIpc) is 2.20. The Morgan fingerprint density at radius 3 is 2.00 bits per heavy atom. The van der Waals surface area contributed by atoms with Crippen molar-refractivity contribution in [2.75, 3.05) is 0 Å². The second kappa shape index (κ2) is 11.7. The molecule has 0 aliphatic carbocycles. The number of hydrogen-bond donors (Lipinski definition) is 0. The van der Waals surface area contributed by atoms with Gasteiger partial charge in [-0.15, -0.1) is 0 Å². The SMILES string of the molecule is C=C/C=C\C(=C/C)CC.C=CC(=C)C. The molecule has 0 aromatic carbocycles. The predicted octanol–water partition coefficient (Wildman–Crippen LogP) is 4.83. The maximum absolute atomic E-state index is 3.59. The fourth-order valence-electron chi connectivity index (χ4n) is 0.610. The molecule has 0 fully saturated rings. The molecule has 0 nitrogen and oxygen atoms in total. The van der Waals surface area contributed by atoms with Gasteiger partial charge >= 0.3 is 0 Å². The minimum Gasteiger partial charge on any atom is -0.0991 e. The molecule has 0 rings (SSSR count). The quantitative estimate of drug-likeness (QED) is 0.557. The highest BCUT2D eigenvalue weighted by atomic mass is 13.9. The van der Waals surface area contributed by atoms with E-state index in [2.05, 4.69) is 38.8 Å². The highest BCUT2D eigenvalue weighted by Crippen LogP contribution is 2.00. The summed E-state index contributed by atoms with van der Waals surface area (Å²) in [5, 5.41) is 0. The highest BCUT2D eigenvalue weighted by molar-refractivity contribution is 5.20. The Hall–Kier alpha value is -1.30. The van der Waals surface area contributed by atoms with Gasteiger partial charge in [0, 0.05) is 0 Å². The number of rotatable bonds is 4. The minimum atomic E-state index is 1.02. The number of allylic oxidation sites excluding steroid dienone is 7. The van der Waals surface area contributed by atoms with E-state index in [9.17, 15) is 0 Å². The third-order valence-electron chi connectivity index (χ3n) is 1.57. The zero-order valence-electron chi connectivity index (χ0n) is 9.72. The van der Waals surface area contributed by atoms with Gasteiger partial charge in [0.15, 0.2) is 0 Å². The van der Waals surface area contributed by atoms with Crippen LogP contribution in [-0.2, 0) is 0 Å². The Balaban J connectivity index is 0. The fourth-order valence-corrected chi connectivity index (χ4v) is 0.610. The van der Waals surface area contributed by atoms with Crippen molar-refractivity contribution in [3.63, 3.8) is 0 Å². The molecule has 0 unspecified atom stereocenters. The van der Waals surface area contributed by atoms with Gasteiger partial charge in [0.2, 0.25) is 0 Å². The molecule has 0 saturated carbocycles. The molecule has 78 valence electrons. The van der Waals surface area contributed by atoms with Crippen LogP contribution in [0.3, 0.4) is 0 Å². The lowest BCUT2D eigenvalue weighted by atomic mass is 10.2. The first-order chi connectivity index (χ1) is 6.62. The van der Waals surface area contributed by atoms with Crippen molar-refractivity contribution in [3.8, 4) is 0 Å². The van der Waals surface area contributed by atoms with E-state index in [0.717, 1.165) is 12.0 Å². The van der Waals surface area contributed by atoms with Crippen LogP contribution in [0.1, 0.15) is 27.2 Å². The third kappa shape index (κ3) is 13.3. The van der Waals surface area contributed by atoms with E-state index in [1.807, 2.05) is 19.9 Å². The molecule has 0 aliphatic rings. The first kappa shape index (κ1) is 15.2. The Bertz CT molecular complexity index is 226. The molecule has 0 spiro atoms. The van der Waals surface area contributed by atoms with Crippen molar-refractivity contribution >= 4 is 0 Å². The molecular weight excluding hydrogens is 168 g/mol. The Morgan fingerprint density at radius 2 is 1.79 bits per heavy atom. The van der Waals surface area contributed by atoms with E-state index in [0.29, 0.717) is 0 Å². The van der Waals surface area contributed by atoms with Crippen LogP contribution in [0.5, 0.6) is 0 Å². The van der Waals surface area contributed by atoms with Crippen LogP contribution < -0.4 is 0 Å². The molecule has 14 heavy (non-hydrogen) atoms. The van der Waals surface area contributed by atoms with Crippen LogP contribution >= 0.6 is 0 Å². The molecule has 0 aromatic heterocycles. The van der Waals surface area contributed by atoms with Crippen molar-refractivity contribution in [3.05, 3.63) is 61.3 Å². The summed E-state index contributed by atoms with van der Waals surface area (Å²) in [7, 11) is 0. The highest BCUT2D eigenvalue weighted by Gasteiger charge is 1.80. The van der Waals surface area contributed by atoms with Gasteiger partial charge in [-0.25, -0.2) is 0 Å². The molecule has 0 heterocycles. The first-order valence-electron chi connectivity index (χ1n) is 4.84. The second-order valence-electron chi connectivity index (χ2n) is 2.86. The summed E-state index contributed by atoms with van der Waals surface area (Å²) in [6, 6.07) is 0. The van der Waals surface area contributed by atoms with Crippen LogP contribution in [0.15, 0.2) is 61.3 Å². The van der Waals surface area contributed by atoms with Gasteiger partial charge < -0.3 is 0 Å². The molecule has 0 heteroatoms. The zero-order valence-corrected chi connectivity index (χ0v) is 9.72. The monoisotopic (exact) mass is 190 g/mol. The van der Waals surface area contributed by atoms with Crippen molar-refractivity contribution in [1.82, 2.24) is 0 Å². The van der Waals surface area contributed by atoms with Crippen LogP contribution in [0, 0.1) is 0 Å². The van der Waals surface area contributed by atoms with E-state index in [-0.39, 0.29) is 0 Å². The van der Waals surface area contributed by atoms with Gasteiger partial charge in [-0.05, 0) is 20.3 Å². The van der Waals surface area contributed by atoms with Crippen LogP contribution in [-0.4, -0.2) is 0 Å². The van der Waals surface area contributed by atoms with E-state index >= 15 is 0 Å². The van der Waals surface area contributed by atoms with E-state index < -0.39 is 0 Å². The smallest absolute Gasteiger partial charge is 0.0311 e. The maximum atomic E-state index is 3.59. The minimum absolute atomic E-state index is 1.02. The maximum Gasteiger partial charge on any atom is -0.0311 e. The molecule has 0 amide bonds. The molecule has 0 saturated heterocycles. The summed E-state index contributed by atoms with van der Waals surface area (Å²) < 4.78 is 0. The van der Waals surface area contributed by atoms with Crippen molar-refractivity contribution in [2.24, 2.45) is 0 Å². The summed E-state index contributed by atoms with van der Waals surface area (Å²) in [5.74, 6) is 0. The largest absolute Gasteiger partial charge is 0.0991 e. The lowest BCUT2D eigenvalue weighted by Crippen LogP contribution is -1.69. The molecule has 0 N–H and O–H groups in total. The van der Waals surface area contributed by atoms with Crippen molar-refractivity contribution in [2.45, 2.75) is 27.2 Å². The summed E-state index contributed by atoms with van der Waals surface area (Å²) in [6.45, 7) is 16.7. The van der Waals surface area contributed by atoms with E-state index in [1.54, 1.807) is 12.2 Å². The third-order valence-corrected chi connectivity index (χ3v) is 1.57. The van der Waals surface area contributed by atoms with Crippen molar-refractivity contribution in [1.29, 1.82) is 0 Å².